The number of Topliss-reactive ketones (excluding diaryl/α,β-unsaturated/α-hetero) is 3. The standard InChI is InChI=1S/C30H36O6/c1-18(2)13-15-29-17-21(26(33)34)28(5,6)30(27(29)35,16-14-19(3)4)25(36-7)22(24(29)32)23(31)20-11-9-8-10-12-20/h8-14,21H,15-17H2,1-7H3,(H,33,34)/t21-,29-,30+/m0/s1. The summed E-state index contributed by atoms with van der Waals surface area (Å²) in [7, 11) is 1.35. The first-order valence-electron chi connectivity index (χ1n) is 12.3. The second kappa shape index (κ2) is 9.64. The highest BCUT2D eigenvalue weighted by Gasteiger charge is 2.73. The van der Waals surface area contributed by atoms with E-state index in [1.807, 2.05) is 33.8 Å². The summed E-state index contributed by atoms with van der Waals surface area (Å²) >= 11 is 0. The maximum absolute atomic E-state index is 14.6. The number of ketones is 3. The van der Waals surface area contributed by atoms with Gasteiger partial charge in [-0.15, -0.1) is 0 Å². The van der Waals surface area contributed by atoms with Crippen LogP contribution in [0.3, 0.4) is 0 Å². The number of hydrogen-bond acceptors (Lipinski definition) is 5. The van der Waals surface area contributed by atoms with Gasteiger partial charge in [-0.3, -0.25) is 19.2 Å². The summed E-state index contributed by atoms with van der Waals surface area (Å²) in [6.07, 6.45) is 3.65. The molecule has 0 unspecified atom stereocenters. The molecule has 1 saturated carbocycles. The first-order valence-corrected chi connectivity index (χ1v) is 12.3. The molecule has 2 bridgehead atoms. The van der Waals surface area contributed by atoms with Crippen LogP contribution < -0.4 is 0 Å². The molecule has 36 heavy (non-hydrogen) atoms. The van der Waals surface area contributed by atoms with E-state index in [2.05, 4.69) is 0 Å². The molecule has 1 aromatic rings. The molecule has 0 radical (unpaired) electrons. The molecule has 1 aromatic carbocycles. The number of carbonyl (C=O) groups is 4. The molecule has 192 valence electrons. The van der Waals surface area contributed by atoms with E-state index in [-0.39, 0.29) is 36.4 Å². The summed E-state index contributed by atoms with van der Waals surface area (Å²) in [5, 5.41) is 10.3. The summed E-state index contributed by atoms with van der Waals surface area (Å²) in [4.78, 5) is 55.5. The third kappa shape index (κ3) is 3.97. The Morgan fingerprint density at radius 1 is 1.00 bits per heavy atom. The van der Waals surface area contributed by atoms with Crippen LogP contribution in [0.15, 0.2) is 65.0 Å². The van der Waals surface area contributed by atoms with Crippen molar-refractivity contribution < 1.29 is 29.0 Å². The van der Waals surface area contributed by atoms with E-state index >= 15 is 0 Å². The molecular formula is C30H36O6. The average Bonchev–Trinajstić information content (AvgIpc) is 2.81. The lowest BCUT2D eigenvalue weighted by Gasteiger charge is -2.59. The van der Waals surface area contributed by atoms with E-state index in [0.717, 1.165) is 11.1 Å². The Morgan fingerprint density at radius 3 is 2.06 bits per heavy atom. The lowest BCUT2D eigenvalue weighted by atomic mass is 9.40. The van der Waals surface area contributed by atoms with Crippen molar-refractivity contribution in [3.63, 3.8) is 0 Å². The third-order valence-electron chi connectivity index (χ3n) is 8.06. The van der Waals surface area contributed by atoms with Crippen LogP contribution in [-0.4, -0.2) is 35.5 Å². The molecule has 0 saturated heterocycles. The lowest BCUT2D eigenvalue weighted by Crippen LogP contribution is -2.67. The third-order valence-corrected chi connectivity index (χ3v) is 8.06. The van der Waals surface area contributed by atoms with Crippen molar-refractivity contribution in [1.82, 2.24) is 0 Å². The Labute approximate surface area is 213 Å². The largest absolute Gasteiger partial charge is 0.499 e. The van der Waals surface area contributed by atoms with Crippen LogP contribution in [0.2, 0.25) is 0 Å². The van der Waals surface area contributed by atoms with Crippen molar-refractivity contribution in [2.75, 3.05) is 7.11 Å². The normalized spacial score (nSPS) is 26.8. The van der Waals surface area contributed by atoms with Gasteiger partial charge in [0.1, 0.15) is 11.3 Å². The summed E-state index contributed by atoms with van der Waals surface area (Å²) in [5.74, 6) is -3.62. The predicted octanol–water partition coefficient (Wildman–Crippen LogP) is 5.74. The first-order chi connectivity index (χ1) is 16.8. The summed E-state index contributed by atoms with van der Waals surface area (Å²) in [6.45, 7) is 11.0. The van der Waals surface area contributed by atoms with Crippen molar-refractivity contribution in [2.24, 2.45) is 22.2 Å². The van der Waals surface area contributed by atoms with Crippen molar-refractivity contribution in [3.8, 4) is 0 Å². The van der Waals surface area contributed by atoms with Gasteiger partial charge in [0.05, 0.1) is 23.9 Å². The lowest BCUT2D eigenvalue weighted by molar-refractivity contribution is -0.177. The molecule has 2 aliphatic carbocycles. The number of methoxy groups -OCH3 is 1. The fraction of sp³-hybridized carbons (Fsp3) is 0.467. The molecule has 6 heteroatoms. The number of carboxylic acids is 1. The van der Waals surface area contributed by atoms with Crippen LogP contribution in [-0.2, 0) is 19.1 Å². The molecule has 3 atom stereocenters. The molecule has 0 aromatic heterocycles. The number of aliphatic carboxylic acids is 1. The Hall–Kier alpha value is -3.28. The van der Waals surface area contributed by atoms with Crippen molar-refractivity contribution in [2.45, 2.75) is 60.8 Å². The zero-order chi connectivity index (χ0) is 27.1. The maximum atomic E-state index is 14.6. The fourth-order valence-electron chi connectivity index (χ4n) is 5.91. The zero-order valence-electron chi connectivity index (χ0n) is 22.2. The fourth-order valence-corrected chi connectivity index (χ4v) is 5.91. The number of allylic oxidation sites excluding steroid dienone is 6. The molecule has 1 fully saturated rings. The van der Waals surface area contributed by atoms with Gasteiger partial charge in [-0.1, -0.05) is 67.5 Å². The Kier molecular flexibility index (Phi) is 7.31. The van der Waals surface area contributed by atoms with Gasteiger partial charge < -0.3 is 9.84 Å². The highest BCUT2D eigenvalue weighted by molar-refractivity contribution is 6.35. The van der Waals surface area contributed by atoms with Crippen LogP contribution in [0, 0.1) is 22.2 Å². The van der Waals surface area contributed by atoms with Gasteiger partial charge in [0.2, 0.25) is 0 Å². The van der Waals surface area contributed by atoms with E-state index in [0.29, 0.717) is 5.56 Å². The maximum Gasteiger partial charge on any atom is 0.307 e. The Balaban J connectivity index is 2.51. The molecule has 0 aliphatic heterocycles. The van der Waals surface area contributed by atoms with Gasteiger partial charge in [-0.05, 0) is 52.4 Å². The minimum Gasteiger partial charge on any atom is -0.499 e. The number of ether oxygens (including phenoxy) is 1. The second-order valence-electron chi connectivity index (χ2n) is 11.0. The molecule has 0 spiro atoms. The SMILES string of the molecule is COC1=C(C(=O)c2ccccc2)C(=O)[C@]2(CC=C(C)C)C[C@@H](C(=O)O)C(C)(C)[C@@]1(CC=C(C)C)C2=O. The van der Waals surface area contributed by atoms with Gasteiger partial charge in [0.25, 0.3) is 0 Å². The van der Waals surface area contributed by atoms with Crippen LogP contribution in [0.25, 0.3) is 0 Å². The van der Waals surface area contributed by atoms with Crippen LogP contribution in [0.1, 0.15) is 71.2 Å². The second-order valence-corrected chi connectivity index (χ2v) is 11.0. The Bertz CT molecular complexity index is 1190. The number of fused-ring (bicyclic) bond motifs is 2. The topological polar surface area (TPSA) is 97.7 Å². The number of hydrogen-bond donors (Lipinski definition) is 1. The summed E-state index contributed by atoms with van der Waals surface area (Å²) < 4.78 is 5.82. The first kappa shape index (κ1) is 27.3. The number of rotatable bonds is 8. The highest BCUT2D eigenvalue weighted by atomic mass is 16.5. The minimum atomic E-state index is -1.67. The van der Waals surface area contributed by atoms with Crippen molar-refractivity contribution in [1.29, 1.82) is 0 Å². The predicted molar refractivity (Wildman–Crippen MR) is 137 cm³/mol. The summed E-state index contributed by atoms with van der Waals surface area (Å²) in [6, 6.07) is 8.44. The minimum absolute atomic E-state index is 0.0207. The van der Waals surface area contributed by atoms with Crippen molar-refractivity contribution >= 4 is 23.3 Å². The van der Waals surface area contributed by atoms with E-state index < -0.39 is 39.7 Å². The molecule has 0 amide bonds. The molecule has 1 N–H and O–H groups in total. The molecule has 2 aliphatic rings. The van der Waals surface area contributed by atoms with Crippen LogP contribution in [0.5, 0.6) is 0 Å². The molecule has 3 rings (SSSR count). The van der Waals surface area contributed by atoms with Gasteiger partial charge in [0, 0.05) is 5.56 Å². The van der Waals surface area contributed by atoms with E-state index in [1.165, 1.54) is 7.11 Å². The van der Waals surface area contributed by atoms with Crippen LogP contribution >= 0.6 is 0 Å². The van der Waals surface area contributed by atoms with Gasteiger partial charge in [-0.2, -0.15) is 0 Å². The summed E-state index contributed by atoms with van der Waals surface area (Å²) in [5.41, 5.74) is -2.34. The average molecular weight is 493 g/mol. The quantitative estimate of drug-likeness (QED) is 0.215. The van der Waals surface area contributed by atoms with E-state index in [9.17, 15) is 24.3 Å². The van der Waals surface area contributed by atoms with Gasteiger partial charge >= 0.3 is 5.97 Å². The number of benzene rings is 1. The van der Waals surface area contributed by atoms with Crippen LogP contribution in [0.4, 0.5) is 0 Å². The van der Waals surface area contributed by atoms with Crippen molar-refractivity contribution in [3.05, 3.63) is 70.5 Å². The van der Waals surface area contributed by atoms with E-state index in [4.69, 9.17) is 4.74 Å². The monoisotopic (exact) mass is 492 g/mol. The Morgan fingerprint density at radius 2 is 1.56 bits per heavy atom. The van der Waals surface area contributed by atoms with Gasteiger partial charge in [0.15, 0.2) is 17.3 Å². The molecular weight excluding hydrogens is 456 g/mol. The molecule has 6 nitrogen and oxygen atoms in total. The number of carbonyl (C=O) groups excluding carboxylic acids is 3. The number of carboxylic acid groups (broad SMARTS) is 1. The smallest absolute Gasteiger partial charge is 0.307 e. The van der Waals surface area contributed by atoms with Gasteiger partial charge in [-0.25, -0.2) is 0 Å². The molecule has 0 heterocycles. The van der Waals surface area contributed by atoms with E-state index in [1.54, 1.807) is 50.3 Å². The highest BCUT2D eigenvalue weighted by Crippen LogP contribution is 2.66. The zero-order valence-corrected chi connectivity index (χ0v) is 22.2.